The van der Waals surface area contributed by atoms with Crippen LogP contribution in [-0.2, 0) is 4.74 Å². The summed E-state index contributed by atoms with van der Waals surface area (Å²) in [6, 6.07) is 5.44. The van der Waals surface area contributed by atoms with E-state index in [2.05, 4.69) is 4.74 Å². The molecular weight excluding hydrogens is 212 g/mol. The molecule has 3 nitrogen and oxygen atoms in total. The van der Waals surface area contributed by atoms with Crippen molar-refractivity contribution in [1.82, 2.24) is 0 Å². The number of carbonyl (C=O) groups is 1. The Morgan fingerprint density at radius 1 is 1.33 bits per heavy atom. The van der Waals surface area contributed by atoms with Gasteiger partial charge in [-0.1, -0.05) is 0 Å². The summed E-state index contributed by atoms with van der Waals surface area (Å²) in [6.45, 7) is 0. The number of benzene rings is 1. The molecule has 78 valence electrons. The van der Waals surface area contributed by atoms with Crippen molar-refractivity contribution in [2.24, 2.45) is 0 Å². The molecule has 0 radical (unpaired) electrons. The molecule has 4 heteroatoms. The van der Waals surface area contributed by atoms with Crippen molar-refractivity contribution in [2.45, 2.75) is 0 Å². The van der Waals surface area contributed by atoms with Crippen LogP contribution in [0.3, 0.4) is 0 Å². The van der Waals surface area contributed by atoms with Crippen molar-refractivity contribution >= 4 is 27.4 Å². The predicted octanol–water partition coefficient (Wildman–Crippen LogP) is 2.70. The number of methoxy groups -OCH3 is 2. The third-order valence-electron chi connectivity index (χ3n) is 2.18. The summed E-state index contributed by atoms with van der Waals surface area (Å²) in [5, 5.41) is 2.87. The van der Waals surface area contributed by atoms with Gasteiger partial charge in [0.2, 0.25) is 0 Å². The summed E-state index contributed by atoms with van der Waals surface area (Å²) in [5.41, 5.74) is 0.543. The van der Waals surface area contributed by atoms with E-state index in [9.17, 15) is 4.79 Å². The van der Waals surface area contributed by atoms with Crippen molar-refractivity contribution in [2.75, 3.05) is 14.2 Å². The Hall–Kier alpha value is -1.55. The lowest BCUT2D eigenvalue weighted by atomic mass is 10.1. The second kappa shape index (κ2) is 3.90. The third kappa shape index (κ3) is 1.68. The van der Waals surface area contributed by atoms with Gasteiger partial charge >= 0.3 is 5.97 Å². The molecule has 0 amide bonds. The van der Waals surface area contributed by atoms with Crippen LogP contribution in [-0.4, -0.2) is 20.2 Å². The van der Waals surface area contributed by atoms with Crippen molar-refractivity contribution in [3.05, 3.63) is 29.1 Å². The second-order valence-electron chi connectivity index (χ2n) is 3.01. The van der Waals surface area contributed by atoms with Crippen LogP contribution in [0, 0.1) is 0 Å². The van der Waals surface area contributed by atoms with Gasteiger partial charge in [-0.15, -0.1) is 11.3 Å². The van der Waals surface area contributed by atoms with Crippen LogP contribution in [0.1, 0.15) is 10.4 Å². The number of hydrogen-bond donors (Lipinski definition) is 0. The number of hydrogen-bond acceptors (Lipinski definition) is 4. The average molecular weight is 222 g/mol. The van der Waals surface area contributed by atoms with E-state index in [0.717, 1.165) is 15.8 Å². The Kier molecular flexibility index (Phi) is 2.60. The molecular formula is C11H10O3S. The predicted molar refractivity (Wildman–Crippen MR) is 59.7 cm³/mol. The molecule has 1 aromatic carbocycles. The van der Waals surface area contributed by atoms with Crippen LogP contribution in [0.2, 0.25) is 0 Å². The van der Waals surface area contributed by atoms with E-state index in [0.29, 0.717) is 5.56 Å². The Balaban J connectivity index is 2.57. The number of thiophene rings is 1. The monoisotopic (exact) mass is 222 g/mol. The van der Waals surface area contributed by atoms with E-state index < -0.39 is 0 Å². The van der Waals surface area contributed by atoms with Crippen molar-refractivity contribution in [1.29, 1.82) is 0 Å². The number of esters is 1. The fourth-order valence-corrected chi connectivity index (χ4v) is 2.30. The zero-order chi connectivity index (χ0) is 10.8. The molecule has 15 heavy (non-hydrogen) atoms. The van der Waals surface area contributed by atoms with E-state index in [-0.39, 0.29) is 5.97 Å². The first-order valence-corrected chi connectivity index (χ1v) is 5.28. The van der Waals surface area contributed by atoms with Gasteiger partial charge in [-0.05, 0) is 18.2 Å². The molecule has 0 aliphatic rings. The molecule has 0 fully saturated rings. The molecule has 0 unspecified atom stereocenters. The summed E-state index contributed by atoms with van der Waals surface area (Å²) in [4.78, 5) is 11.3. The normalized spacial score (nSPS) is 10.3. The number of ether oxygens (including phenoxy) is 2. The highest BCUT2D eigenvalue weighted by atomic mass is 32.1. The average Bonchev–Trinajstić information content (AvgIpc) is 2.69. The molecule has 0 atom stereocenters. The molecule has 0 saturated carbocycles. The summed E-state index contributed by atoms with van der Waals surface area (Å²) < 4.78 is 10.9. The van der Waals surface area contributed by atoms with Gasteiger partial charge in [-0.25, -0.2) is 4.79 Å². The van der Waals surface area contributed by atoms with Crippen LogP contribution in [0.15, 0.2) is 23.6 Å². The van der Waals surface area contributed by atoms with Crippen LogP contribution < -0.4 is 4.74 Å². The lowest BCUT2D eigenvalue weighted by molar-refractivity contribution is 0.0601. The Bertz CT molecular complexity index is 502. The van der Waals surface area contributed by atoms with Crippen LogP contribution in [0.25, 0.3) is 10.1 Å². The molecule has 0 spiro atoms. The highest BCUT2D eigenvalue weighted by Gasteiger charge is 2.09. The van der Waals surface area contributed by atoms with Crippen molar-refractivity contribution in [3.63, 3.8) is 0 Å². The van der Waals surface area contributed by atoms with Crippen molar-refractivity contribution in [3.8, 4) is 5.75 Å². The topological polar surface area (TPSA) is 35.5 Å². The first-order chi connectivity index (χ1) is 7.26. The zero-order valence-corrected chi connectivity index (χ0v) is 9.26. The molecule has 0 saturated heterocycles. The molecule has 1 heterocycles. The fourth-order valence-electron chi connectivity index (χ4n) is 1.41. The maximum absolute atomic E-state index is 11.3. The quantitative estimate of drug-likeness (QED) is 0.733. The van der Waals surface area contributed by atoms with Gasteiger partial charge in [-0.3, -0.25) is 0 Å². The summed E-state index contributed by atoms with van der Waals surface area (Å²) in [5.74, 6) is 0.464. The third-order valence-corrected chi connectivity index (χ3v) is 3.12. The first kappa shape index (κ1) is 9.98. The molecule has 0 N–H and O–H groups in total. The van der Waals surface area contributed by atoms with E-state index >= 15 is 0 Å². The van der Waals surface area contributed by atoms with Gasteiger partial charge in [0.05, 0.1) is 19.8 Å². The van der Waals surface area contributed by atoms with Crippen molar-refractivity contribution < 1.29 is 14.3 Å². The van der Waals surface area contributed by atoms with Crippen LogP contribution in [0.4, 0.5) is 0 Å². The highest BCUT2D eigenvalue weighted by molar-refractivity contribution is 7.17. The zero-order valence-electron chi connectivity index (χ0n) is 8.44. The van der Waals surface area contributed by atoms with E-state index in [1.807, 2.05) is 11.4 Å². The molecule has 0 aliphatic carbocycles. The molecule has 2 rings (SSSR count). The van der Waals surface area contributed by atoms with E-state index in [4.69, 9.17) is 4.74 Å². The van der Waals surface area contributed by atoms with Gasteiger partial charge < -0.3 is 9.47 Å². The molecule has 0 bridgehead atoms. The molecule has 0 aliphatic heterocycles. The maximum Gasteiger partial charge on any atom is 0.337 e. The largest absolute Gasteiger partial charge is 0.495 e. The number of fused-ring (bicyclic) bond motifs is 1. The van der Waals surface area contributed by atoms with E-state index in [1.54, 1.807) is 30.6 Å². The Morgan fingerprint density at radius 3 is 2.80 bits per heavy atom. The minimum absolute atomic E-state index is 0.329. The molecule has 1 aromatic heterocycles. The number of rotatable bonds is 2. The second-order valence-corrected chi connectivity index (χ2v) is 3.92. The van der Waals surface area contributed by atoms with Gasteiger partial charge in [0.1, 0.15) is 5.75 Å². The standard InChI is InChI=1S/C11H10O3S/c1-13-9-6-15-10-4-3-7(5-8(9)10)11(12)14-2/h3-6H,1-2H3. The van der Waals surface area contributed by atoms with E-state index in [1.165, 1.54) is 7.11 Å². The summed E-state index contributed by atoms with van der Waals surface area (Å²) in [6.07, 6.45) is 0. The highest BCUT2D eigenvalue weighted by Crippen LogP contribution is 2.32. The van der Waals surface area contributed by atoms with Gasteiger partial charge in [0, 0.05) is 15.5 Å². The maximum atomic E-state index is 11.3. The number of carbonyl (C=O) groups excluding carboxylic acids is 1. The first-order valence-electron chi connectivity index (χ1n) is 4.40. The molecule has 2 aromatic rings. The van der Waals surface area contributed by atoms with Gasteiger partial charge in [-0.2, -0.15) is 0 Å². The van der Waals surface area contributed by atoms with Crippen LogP contribution >= 0.6 is 11.3 Å². The summed E-state index contributed by atoms with van der Waals surface area (Å²) in [7, 11) is 2.99. The fraction of sp³-hybridized carbons (Fsp3) is 0.182. The SMILES string of the molecule is COC(=O)c1ccc2scc(OC)c2c1. The van der Waals surface area contributed by atoms with Gasteiger partial charge in [0.15, 0.2) is 0 Å². The lowest BCUT2D eigenvalue weighted by Crippen LogP contribution is -2.00. The minimum Gasteiger partial charge on any atom is -0.495 e. The Labute approximate surface area is 91.2 Å². The minimum atomic E-state index is -0.329. The van der Waals surface area contributed by atoms with Crippen LogP contribution in [0.5, 0.6) is 5.75 Å². The lowest BCUT2D eigenvalue weighted by Gasteiger charge is -2.00. The Morgan fingerprint density at radius 2 is 2.13 bits per heavy atom. The summed E-state index contributed by atoms with van der Waals surface area (Å²) >= 11 is 1.59. The van der Waals surface area contributed by atoms with Gasteiger partial charge in [0.25, 0.3) is 0 Å². The smallest absolute Gasteiger partial charge is 0.337 e.